The van der Waals surface area contributed by atoms with Gasteiger partial charge in [0.15, 0.2) is 30.0 Å². The van der Waals surface area contributed by atoms with Gasteiger partial charge in [-0.15, -0.1) is 137 Å². The second kappa shape index (κ2) is 48.9. The topological polar surface area (TPSA) is 142 Å². The first-order valence-corrected chi connectivity index (χ1v) is 44.6. The first-order chi connectivity index (χ1) is 65.3. The van der Waals surface area contributed by atoms with Gasteiger partial charge in [0.2, 0.25) is 5.69 Å². The maximum Gasteiger partial charge on any atom is 0.381 e. The number of aryl methyl sites for hydroxylation is 4. The smallest absolute Gasteiger partial charge is 0.381 e. The molecule has 7 aromatic heterocycles. The summed E-state index contributed by atoms with van der Waals surface area (Å²) in [5.74, 6) is -0.125. The van der Waals surface area contributed by atoms with Crippen LogP contribution >= 0.6 is 0 Å². The van der Waals surface area contributed by atoms with Gasteiger partial charge in [-0.1, -0.05) is 224 Å². The molecule has 141 heavy (non-hydrogen) atoms. The van der Waals surface area contributed by atoms with E-state index in [-0.39, 0.29) is 111 Å². The minimum Gasteiger partial charge on any atom is -0.512 e. The molecule has 0 amide bonds. The van der Waals surface area contributed by atoms with E-state index >= 15 is 0 Å². The monoisotopic (exact) mass is 2400 g/mol. The summed E-state index contributed by atoms with van der Waals surface area (Å²) in [6, 6.07) is 126. The summed E-state index contributed by atoms with van der Waals surface area (Å²) in [6.07, 6.45) is 8.15. The second-order valence-corrected chi connectivity index (χ2v) is 34.0. The van der Waals surface area contributed by atoms with Crippen LogP contribution in [0.1, 0.15) is 114 Å². The number of allylic oxidation sites excluding steroid dienone is 4. The molecule has 0 saturated heterocycles. The number of fused-ring (bicyclic) bond motifs is 10. The number of hydrogen-bond acceptors (Lipinski definition) is 9. The number of nitrogens with zero attached hydrogens (tertiary/aromatic N) is 8. The van der Waals surface area contributed by atoms with Gasteiger partial charge in [0.05, 0.1) is 33.7 Å². The number of ketones is 2. The Morgan fingerprint density at radius 2 is 1.01 bits per heavy atom. The second-order valence-electron chi connectivity index (χ2n) is 34.0. The minimum absolute atomic E-state index is 0. The van der Waals surface area contributed by atoms with E-state index in [0.717, 1.165) is 81.3 Å². The summed E-state index contributed by atoms with van der Waals surface area (Å²) < 4.78 is 44.7. The van der Waals surface area contributed by atoms with Crippen LogP contribution in [-0.4, -0.2) is 46.1 Å². The Hall–Kier alpha value is -14.4. The Morgan fingerprint density at radius 3 is 1.65 bits per heavy atom. The predicted molar refractivity (Wildman–Crippen MR) is 560 cm³/mol. The van der Waals surface area contributed by atoms with Gasteiger partial charge in [-0.3, -0.25) is 14.6 Å². The Labute approximate surface area is 865 Å². The van der Waals surface area contributed by atoms with Crippen LogP contribution in [0.15, 0.2) is 394 Å². The summed E-state index contributed by atoms with van der Waals surface area (Å²) in [7, 11) is 0. The summed E-state index contributed by atoms with van der Waals surface area (Å²) in [5, 5.41) is 26.8. The van der Waals surface area contributed by atoms with Gasteiger partial charge in [0.1, 0.15) is 18.3 Å². The molecular formula is C123H111F3Ir3N8O4-2. The van der Waals surface area contributed by atoms with Crippen LogP contribution in [-0.2, 0) is 94.6 Å². The van der Waals surface area contributed by atoms with E-state index in [1.165, 1.54) is 167 Å². The summed E-state index contributed by atoms with van der Waals surface area (Å²) in [4.78, 5) is 40.1. The molecule has 0 bridgehead atoms. The first-order valence-electron chi connectivity index (χ1n) is 44.6. The number of pyridine rings is 6. The maximum absolute atomic E-state index is 12.5. The molecule has 2 aliphatic heterocycles. The van der Waals surface area contributed by atoms with Crippen molar-refractivity contribution in [2.45, 2.75) is 116 Å². The average Bonchev–Trinajstić information content (AvgIpc) is 1.54. The standard InChI is InChI=1S/C25H21N2.C24H19N2.C18H14N.C16H9F3N.C15H10N.C12H10N.2C5H8O2.3CH4.3Ir/c1-15-10-11-21-20(12-15)19-9-5-8-18-13-26-14-22(27(21)25(26)24(18)19)23-16(2)6-4-7-17(23)3;1-3-10-20(11-4-1)26(21-12-5-2-6-13-21)22-15-16-25-18-19-9-7-8-14-23(19)24(25)17-22;1-18(2)14-8-4-3-7-13(14)17-16-12(10-11-19-17)6-5-9-15(16)18;17-16(18,19)13-8-5-12(6-9-13)15-10-7-11-3-1-2-4-14(11)20-15;1-2-7-13(8-3-1)15-14-9-5-4-6-12(14)10-11-16-15;1-10-7-8-12(13-9-10)11-5-3-2-4-6-11;2*1-4(6)3-5(2)7;;;;;;/h4-12,14H,13H2,1-3H3;1-17H,18H2;3-6,8-11H,1-2H3;1-5,7-10H;1-7,9-11H;2-5,7-9H,1H3;2*3,6H,1-2H3;3*1H4;;;/q2*+1;4*-1;;;;;;;;. The maximum atomic E-state index is 12.5. The molecule has 0 fully saturated rings. The van der Waals surface area contributed by atoms with Crippen LogP contribution in [0.5, 0.6) is 0 Å². The molecule has 23 rings (SSSR count). The fourth-order valence-corrected chi connectivity index (χ4v) is 17.6. The van der Waals surface area contributed by atoms with Gasteiger partial charge >= 0.3 is 6.18 Å². The normalized spacial score (nSPS) is 11.6. The van der Waals surface area contributed by atoms with Crippen molar-refractivity contribution in [1.82, 2.24) is 24.3 Å². The van der Waals surface area contributed by atoms with Gasteiger partial charge in [-0.2, -0.15) is 22.1 Å². The predicted octanol–water partition coefficient (Wildman–Crippen LogP) is 30.6. The molecule has 9 heterocycles. The number of rotatable bonds is 9. The van der Waals surface area contributed by atoms with E-state index in [1.54, 1.807) is 6.07 Å². The van der Waals surface area contributed by atoms with Crippen molar-refractivity contribution in [3.05, 3.63) is 469 Å². The third-order valence-electron chi connectivity index (χ3n) is 23.7. The van der Waals surface area contributed by atoms with Crippen LogP contribution in [0.2, 0.25) is 0 Å². The Morgan fingerprint density at radius 1 is 0.461 bits per heavy atom. The number of benzene rings is 13. The van der Waals surface area contributed by atoms with E-state index in [0.29, 0.717) is 11.3 Å². The molecule has 0 unspecified atom stereocenters. The largest absolute Gasteiger partial charge is 0.512 e. The quantitative estimate of drug-likeness (QED) is 0.0475. The van der Waals surface area contributed by atoms with Crippen molar-refractivity contribution in [2.24, 2.45) is 0 Å². The molecule has 0 saturated carbocycles. The third kappa shape index (κ3) is 25.1. The number of para-hydroxylation sites is 3. The zero-order valence-corrected chi connectivity index (χ0v) is 84.9. The van der Waals surface area contributed by atoms with Crippen molar-refractivity contribution in [3.63, 3.8) is 0 Å². The zero-order chi connectivity index (χ0) is 94.4. The molecular weight excluding hydrogens is 2290 g/mol. The van der Waals surface area contributed by atoms with E-state index in [4.69, 9.17) is 10.2 Å². The average molecular weight is 2400 g/mol. The van der Waals surface area contributed by atoms with Crippen molar-refractivity contribution in [1.29, 1.82) is 0 Å². The van der Waals surface area contributed by atoms with Gasteiger partial charge in [-0.25, -0.2) is 4.57 Å². The van der Waals surface area contributed by atoms with Crippen molar-refractivity contribution < 1.29 is 102 Å². The number of imidazole rings is 1. The van der Waals surface area contributed by atoms with Crippen LogP contribution in [0, 0.1) is 52.0 Å². The Kier molecular flexibility index (Phi) is 37.7. The first kappa shape index (κ1) is 109. The molecule has 20 aromatic rings. The Balaban J connectivity index is 0.000000170. The van der Waals surface area contributed by atoms with Crippen LogP contribution in [0.3, 0.4) is 0 Å². The molecule has 3 radical (unpaired) electrons. The number of anilines is 3. The number of aromatic nitrogens is 7. The van der Waals surface area contributed by atoms with E-state index in [9.17, 15) is 22.8 Å². The van der Waals surface area contributed by atoms with Crippen LogP contribution in [0.4, 0.5) is 30.2 Å². The van der Waals surface area contributed by atoms with Gasteiger partial charge < -0.3 is 30.1 Å². The number of aliphatic hydroxyl groups is 2. The van der Waals surface area contributed by atoms with E-state index in [2.05, 4.69) is 316 Å². The number of carbonyl (C=O) groups is 2. The summed E-state index contributed by atoms with van der Waals surface area (Å²) in [6.45, 7) is 20.8. The minimum atomic E-state index is -4.34. The number of carbonyl (C=O) groups excluding carboxylic acids is 2. The molecule has 1 aliphatic carbocycles. The number of alkyl halides is 3. The Bertz CT molecular complexity index is 7690. The van der Waals surface area contributed by atoms with Gasteiger partial charge in [0, 0.05) is 142 Å². The van der Waals surface area contributed by atoms with Crippen molar-refractivity contribution in [2.75, 3.05) is 4.90 Å². The third-order valence-corrected chi connectivity index (χ3v) is 23.7. The molecule has 0 spiro atoms. The summed E-state index contributed by atoms with van der Waals surface area (Å²) >= 11 is 0. The number of halogens is 3. The fourth-order valence-electron chi connectivity index (χ4n) is 17.6. The molecule has 2 N–H and O–H groups in total. The van der Waals surface area contributed by atoms with E-state index in [1.807, 2.05) is 135 Å². The molecule has 3 aliphatic rings. The van der Waals surface area contributed by atoms with Crippen molar-refractivity contribution >= 4 is 88.4 Å². The molecule has 13 aromatic carbocycles. The molecule has 0 atom stereocenters. The number of hydrogen-bond donors (Lipinski definition) is 2. The van der Waals surface area contributed by atoms with Crippen LogP contribution in [0.25, 0.3) is 127 Å². The fraction of sp³-hybridized carbons (Fsp3) is 0.138. The number of aliphatic hydroxyl groups excluding tert-OH is 2. The van der Waals surface area contributed by atoms with Crippen LogP contribution < -0.4 is 14.0 Å². The van der Waals surface area contributed by atoms with E-state index < -0.39 is 11.7 Å². The van der Waals surface area contributed by atoms with Gasteiger partial charge in [0.25, 0.3) is 5.65 Å². The summed E-state index contributed by atoms with van der Waals surface area (Å²) in [5.41, 5.74) is 29.5. The molecule has 12 nitrogen and oxygen atoms in total. The van der Waals surface area contributed by atoms with Crippen molar-refractivity contribution in [3.8, 4) is 67.5 Å². The molecule has 717 valence electrons. The SMILES string of the molecule is C.C.C.CC(=O)C=C(C)O.CC(=O)C=C(C)O.CC1(C)c2ccc[c-]c2-c2nccc3cccc1c23.Cc1ccc(-c2[c-]cccc2)nc1.Cc1ccc2c(c1)c1cccc3c1c1n2c(-c2c(C)cccc2C)c[n+]1C3.FC(F)(F)c1c[c-]c(-c2ccc3ccccc3n2)cc1.[Ir].[Ir].[Ir].[c-]1ccccc1-c1nccc2ccccc12.c1ccc(N(c2ccccc2)c2cc[n+]3c(c2)-c2ccccc2C3)cc1. The zero-order valence-electron chi connectivity index (χ0n) is 77.7. The molecule has 18 heteroatoms. The van der Waals surface area contributed by atoms with Gasteiger partial charge in [-0.05, 0) is 199 Å².